The Bertz CT molecular complexity index is 1080. The summed E-state index contributed by atoms with van der Waals surface area (Å²) in [5.74, 6) is 0.0450. The number of rotatable bonds is 6. The van der Waals surface area contributed by atoms with Crippen LogP contribution < -0.4 is 11.2 Å². The van der Waals surface area contributed by atoms with E-state index in [0.29, 0.717) is 37.1 Å². The molecular formula is C19H23N5O3. The van der Waals surface area contributed by atoms with Crippen LogP contribution in [-0.4, -0.2) is 36.5 Å². The normalized spacial score (nSPS) is 11.1. The first-order valence-corrected chi connectivity index (χ1v) is 8.79. The molecule has 0 saturated heterocycles. The van der Waals surface area contributed by atoms with Crippen molar-refractivity contribution in [3.8, 4) is 0 Å². The van der Waals surface area contributed by atoms with Crippen molar-refractivity contribution in [3.63, 3.8) is 0 Å². The smallest absolute Gasteiger partial charge is 0.332 e. The molecule has 0 atom stereocenters. The number of imidazole rings is 1. The van der Waals surface area contributed by atoms with Gasteiger partial charge in [0.15, 0.2) is 11.2 Å². The molecule has 27 heavy (non-hydrogen) atoms. The molecule has 1 aromatic carbocycles. The van der Waals surface area contributed by atoms with Crippen LogP contribution in [0.5, 0.6) is 0 Å². The zero-order valence-electron chi connectivity index (χ0n) is 15.8. The minimum atomic E-state index is -0.407. The molecule has 1 amide bonds. The van der Waals surface area contributed by atoms with Crippen LogP contribution in [0.1, 0.15) is 18.4 Å². The van der Waals surface area contributed by atoms with Crippen LogP contribution in [-0.2, 0) is 32.0 Å². The number of carbonyl (C=O) groups is 1. The molecule has 0 N–H and O–H groups in total. The highest BCUT2D eigenvalue weighted by Crippen LogP contribution is 2.09. The maximum atomic E-state index is 12.4. The summed E-state index contributed by atoms with van der Waals surface area (Å²) < 4.78 is 4.13. The fourth-order valence-electron chi connectivity index (χ4n) is 3.10. The summed E-state index contributed by atoms with van der Waals surface area (Å²) in [4.78, 5) is 42.6. The lowest BCUT2D eigenvalue weighted by Crippen LogP contribution is -2.37. The van der Waals surface area contributed by atoms with Gasteiger partial charge in [-0.25, -0.2) is 9.78 Å². The monoisotopic (exact) mass is 369 g/mol. The third kappa shape index (κ3) is 3.69. The second-order valence-electron chi connectivity index (χ2n) is 6.65. The lowest BCUT2D eigenvalue weighted by Gasteiger charge is -2.17. The van der Waals surface area contributed by atoms with E-state index in [-0.39, 0.29) is 11.5 Å². The molecule has 3 rings (SSSR count). The summed E-state index contributed by atoms with van der Waals surface area (Å²) in [6.45, 7) is 1.05. The molecular weight excluding hydrogens is 346 g/mol. The molecule has 8 heteroatoms. The molecule has 0 aliphatic heterocycles. The topological polar surface area (TPSA) is 82.1 Å². The lowest BCUT2D eigenvalue weighted by atomic mass is 10.2. The second kappa shape index (κ2) is 7.61. The van der Waals surface area contributed by atoms with Crippen LogP contribution in [0.25, 0.3) is 11.2 Å². The van der Waals surface area contributed by atoms with E-state index in [9.17, 15) is 14.4 Å². The van der Waals surface area contributed by atoms with Crippen LogP contribution in [0.3, 0.4) is 0 Å². The average Bonchev–Trinajstić information content (AvgIpc) is 3.09. The number of hydrogen-bond acceptors (Lipinski definition) is 4. The quantitative estimate of drug-likeness (QED) is 0.646. The van der Waals surface area contributed by atoms with Crippen molar-refractivity contribution < 1.29 is 4.79 Å². The van der Waals surface area contributed by atoms with Gasteiger partial charge in [0.2, 0.25) is 5.91 Å². The van der Waals surface area contributed by atoms with Crippen molar-refractivity contribution in [2.75, 3.05) is 7.05 Å². The average molecular weight is 369 g/mol. The third-order valence-corrected chi connectivity index (χ3v) is 4.70. The molecule has 0 unspecified atom stereocenters. The molecule has 0 spiro atoms. The Kier molecular flexibility index (Phi) is 5.25. The Morgan fingerprint density at radius 1 is 1.11 bits per heavy atom. The van der Waals surface area contributed by atoms with Crippen LogP contribution in [0.2, 0.25) is 0 Å². The Hall–Kier alpha value is -3.16. The van der Waals surface area contributed by atoms with Crippen molar-refractivity contribution in [1.82, 2.24) is 23.6 Å². The number of benzene rings is 1. The number of hydrogen-bond donors (Lipinski definition) is 0. The summed E-state index contributed by atoms with van der Waals surface area (Å²) >= 11 is 0. The fraction of sp³-hybridized carbons (Fsp3) is 0.368. The Balaban J connectivity index is 1.66. The fourth-order valence-corrected chi connectivity index (χ4v) is 3.10. The predicted molar refractivity (Wildman–Crippen MR) is 102 cm³/mol. The molecule has 0 saturated carbocycles. The largest absolute Gasteiger partial charge is 0.341 e. The maximum absolute atomic E-state index is 12.4. The van der Waals surface area contributed by atoms with Crippen LogP contribution in [0.4, 0.5) is 0 Å². The highest BCUT2D eigenvalue weighted by atomic mass is 16.2. The van der Waals surface area contributed by atoms with Gasteiger partial charge in [-0.2, -0.15) is 0 Å². The van der Waals surface area contributed by atoms with E-state index in [4.69, 9.17) is 0 Å². The van der Waals surface area contributed by atoms with Crippen molar-refractivity contribution in [2.24, 2.45) is 14.1 Å². The van der Waals surface area contributed by atoms with Crippen LogP contribution >= 0.6 is 0 Å². The number of aromatic nitrogens is 4. The van der Waals surface area contributed by atoms with Crippen LogP contribution in [0.15, 0.2) is 46.2 Å². The summed E-state index contributed by atoms with van der Waals surface area (Å²) in [6.07, 6.45) is 2.49. The lowest BCUT2D eigenvalue weighted by molar-refractivity contribution is -0.130. The van der Waals surface area contributed by atoms with Gasteiger partial charge in [0.25, 0.3) is 5.56 Å². The molecule has 0 aliphatic rings. The van der Waals surface area contributed by atoms with Crippen LogP contribution in [0, 0.1) is 0 Å². The summed E-state index contributed by atoms with van der Waals surface area (Å²) in [6, 6.07) is 9.82. The zero-order chi connectivity index (χ0) is 19.6. The Morgan fingerprint density at radius 2 is 1.81 bits per heavy atom. The van der Waals surface area contributed by atoms with Gasteiger partial charge in [-0.3, -0.25) is 18.7 Å². The van der Waals surface area contributed by atoms with Gasteiger partial charge in [-0.1, -0.05) is 30.3 Å². The summed E-state index contributed by atoms with van der Waals surface area (Å²) in [7, 11) is 4.82. The Labute approximate surface area is 156 Å². The number of fused-ring (bicyclic) bond motifs is 1. The summed E-state index contributed by atoms with van der Waals surface area (Å²) in [5, 5.41) is 0. The molecule has 2 heterocycles. The molecule has 142 valence electrons. The second-order valence-corrected chi connectivity index (χ2v) is 6.65. The molecule has 0 fully saturated rings. The van der Waals surface area contributed by atoms with Crippen molar-refractivity contribution >= 4 is 17.1 Å². The van der Waals surface area contributed by atoms with Gasteiger partial charge in [0.1, 0.15) is 0 Å². The molecule has 3 aromatic rings. The molecule has 0 aliphatic carbocycles. The summed E-state index contributed by atoms with van der Waals surface area (Å²) in [5.41, 5.74) is 1.03. The number of nitrogens with zero attached hydrogens (tertiary/aromatic N) is 5. The van der Waals surface area contributed by atoms with Crippen molar-refractivity contribution in [1.29, 1.82) is 0 Å². The Morgan fingerprint density at radius 3 is 2.52 bits per heavy atom. The minimum absolute atomic E-state index is 0.0450. The standard InChI is InChI=1S/C19H23N5O3/c1-21(12-14-8-5-4-6-9-14)15(25)10-7-11-24-13-20-17-16(24)18(26)23(3)19(27)22(17)2/h4-6,8-9,13H,7,10-12H2,1-3H3. The molecule has 2 aromatic heterocycles. The first-order valence-electron chi connectivity index (χ1n) is 8.79. The van der Waals surface area contributed by atoms with Gasteiger partial charge >= 0.3 is 5.69 Å². The van der Waals surface area contributed by atoms with Crippen molar-refractivity contribution in [3.05, 3.63) is 63.1 Å². The first-order chi connectivity index (χ1) is 12.9. The van der Waals surface area contributed by atoms with Gasteiger partial charge in [-0.05, 0) is 12.0 Å². The van der Waals surface area contributed by atoms with E-state index in [0.717, 1.165) is 10.1 Å². The first kappa shape index (κ1) is 18.6. The van der Waals surface area contributed by atoms with E-state index in [2.05, 4.69) is 4.98 Å². The molecule has 0 bridgehead atoms. The number of amides is 1. The highest BCUT2D eigenvalue weighted by Gasteiger charge is 2.15. The van der Waals surface area contributed by atoms with Gasteiger partial charge < -0.3 is 9.47 Å². The van der Waals surface area contributed by atoms with Gasteiger partial charge in [-0.15, -0.1) is 0 Å². The van der Waals surface area contributed by atoms with Crippen molar-refractivity contribution in [2.45, 2.75) is 25.9 Å². The maximum Gasteiger partial charge on any atom is 0.332 e. The number of aryl methyl sites for hydroxylation is 2. The van der Waals surface area contributed by atoms with E-state index >= 15 is 0 Å². The molecule has 0 radical (unpaired) electrons. The zero-order valence-corrected chi connectivity index (χ0v) is 15.8. The van der Waals surface area contributed by atoms with Gasteiger partial charge in [0.05, 0.1) is 6.33 Å². The minimum Gasteiger partial charge on any atom is -0.341 e. The highest BCUT2D eigenvalue weighted by molar-refractivity contribution is 5.76. The van der Waals surface area contributed by atoms with E-state index in [1.807, 2.05) is 30.3 Å². The number of carbonyl (C=O) groups excluding carboxylic acids is 1. The molecule has 8 nitrogen and oxygen atoms in total. The predicted octanol–water partition coefficient (Wildman–Crippen LogP) is 0.872. The third-order valence-electron chi connectivity index (χ3n) is 4.70. The van der Waals surface area contributed by atoms with E-state index in [1.54, 1.807) is 29.9 Å². The van der Waals surface area contributed by atoms with E-state index < -0.39 is 5.69 Å². The van der Waals surface area contributed by atoms with E-state index in [1.165, 1.54) is 11.6 Å². The van der Waals surface area contributed by atoms with Gasteiger partial charge in [0, 0.05) is 40.7 Å². The SMILES string of the molecule is CN(Cc1ccccc1)C(=O)CCCn1cnc2c1c(=O)n(C)c(=O)n2C.